The van der Waals surface area contributed by atoms with Crippen LogP contribution in [0, 0.1) is 92.7 Å². The van der Waals surface area contributed by atoms with Gasteiger partial charge in [-0.2, -0.15) is 0 Å². The van der Waals surface area contributed by atoms with E-state index in [1.54, 1.807) is 0 Å². The largest absolute Gasteiger partial charge is 0.378 e. The Morgan fingerprint density at radius 2 is 0.794 bits per heavy atom. The minimum Gasteiger partial charge on any atom is -0.378 e. The molecule has 8 rings (SSSR count). The molecule has 8 aliphatic rings. The highest BCUT2D eigenvalue weighted by Crippen LogP contribution is 2.71. The van der Waals surface area contributed by atoms with Crippen LogP contribution in [0.1, 0.15) is 306 Å². The van der Waals surface area contributed by atoms with Crippen LogP contribution in [-0.4, -0.2) is 152 Å². The molecule has 0 aromatic rings. The van der Waals surface area contributed by atoms with E-state index in [0.717, 1.165) is 181 Å². The number of carbonyl (C=O) groups is 2. The molecule has 0 radical (unpaired) electrons. The van der Waals surface area contributed by atoms with Crippen LogP contribution in [0.3, 0.4) is 0 Å². The van der Waals surface area contributed by atoms with Crippen LogP contribution in [0.25, 0.3) is 0 Å². The number of unbranched alkanes of at least 4 members (excludes halogenated alkanes) is 11. The van der Waals surface area contributed by atoms with Gasteiger partial charge in [0.25, 0.3) is 0 Å². The number of rotatable bonds is 49. The van der Waals surface area contributed by atoms with Gasteiger partial charge in [-0.15, -0.1) is 0 Å². The van der Waals surface area contributed by atoms with E-state index in [0.29, 0.717) is 141 Å². The maximum atomic E-state index is 13.9. The number of nitrogens with one attached hydrogen (secondary N) is 1. The number of hydrogen-bond donors (Lipinski definition) is 7. The van der Waals surface area contributed by atoms with Gasteiger partial charge in [0.2, 0.25) is 11.8 Å². The van der Waals surface area contributed by atoms with Gasteiger partial charge in [0.15, 0.2) is 0 Å². The second kappa shape index (κ2) is 45.6. The minimum atomic E-state index is 0.0550. The maximum Gasteiger partial charge on any atom is 0.222 e. The lowest BCUT2D eigenvalue weighted by atomic mass is 9.43. The first-order valence-electron chi connectivity index (χ1n) is 43.9. The third-order valence-electron chi connectivity index (χ3n) is 29.4. The van der Waals surface area contributed by atoms with Crippen LogP contribution in [-0.2, 0) is 38.0 Å². The Kier molecular flexibility index (Phi) is 39.2. The highest BCUT2D eigenvalue weighted by Gasteiger charge is 2.69. The van der Waals surface area contributed by atoms with E-state index in [2.05, 4.69) is 72.5 Å². The van der Waals surface area contributed by atoms with Crippen molar-refractivity contribution in [2.45, 2.75) is 343 Å². The van der Waals surface area contributed by atoms with E-state index >= 15 is 0 Å². The molecule has 0 saturated heterocycles. The smallest absolute Gasteiger partial charge is 0.222 e. The lowest BCUT2D eigenvalue weighted by Crippen LogP contribution is -2.63. The summed E-state index contributed by atoms with van der Waals surface area (Å²) in [5.74, 6) is 7.11. The highest BCUT2D eigenvalue weighted by atomic mass is 16.5. The summed E-state index contributed by atoms with van der Waals surface area (Å²) in [5.41, 5.74) is 36.2. The fourth-order valence-corrected chi connectivity index (χ4v) is 23.5. The molecule has 596 valence electrons. The normalized spacial score (nSPS) is 35.2. The van der Waals surface area contributed by atoms with Crippen LogP contribution < -0.4 is 39.7 Å². The number of hydrogen-bond acceptors (Lipinski definition) is 14. The maximum absolute atomic E-state index is 13.9. The number of ether oxygens (including phenoxy) is 6. The van der Waals surface area contributed by atoms with Crippen molar-refractivity contribution in [1.29, 1.82) is 0 Å². The average Bonchev–Trinajstić information content (AvgIpc) is 1.44. The first-order valence-corrected chi connectivity index (χ1v) is 43.9. The van der Waals surface area contributed by atoms with E-state index in [9.17, 15) is 9.59 Å². The molecule has 8 aliphatic carbocycles. The van der Waals surface area contributed by atoms with E-state index < -0.39 is 0 Å². The molecule has 16 heteroatoms. The molecule has 0 bridgehead atoms. The molecule has 0 aromatic heterocycles. The van der Waals surface area contributed by atoms with Crippen molar-refractivity contribution in [3.63, 3.8) is 0 Å². The van der Waals surface area contributed by atoms with Crippen molar-refractivity contribution in [3.8, 4) is 0 Å². The fraction of sp³-hybridized carbons (Fsp3) is 0.977. The van der Waals surface area contributed by atoms with Gasteiger partial charge < -0.3 is 73.0 Å². The SMILES string of the molecule is CCCCCCCCNC(=O)CC[C@@H](C)[C@H]1CC[C@H]2[C@@H]3[C@H](OCCCN)C[C@@H]4C[C@H](OCCCN)CC[C@]4(C)[C@H]3C[C@H](OCCCN)[C@]12C.CCCCCCN(CCCCCC)C(=O)CC[C@@H](C)[C@H]1CC[C@H]2[C@@H]3[C@H](OCCCN)C[C@@H]4C[C@H](OCCCN)CC[C@]4(C)[C@H]3C[C@H](OCCCN)[C@]12C. The lowest BCUT2D eigenvalue weighted by Gasteiger charge is -2.65. The monoisotopic (exact) mass is 1440 g/mol. The number of carbonyl (C=O) groups excluding carboxylic acids is 2. The molecule has 102 heavy (non-hydrogen) atoms. The predicted octanol–water partition coefficient (Wildman–Crippen LogP) is 15.4. The number of amides is 2. The molecule has 22 atom stereocenters. The molecule has 0 spiro atoms. The van der Waals surface area contributed by atoms with E-state index in [4.69, 9.17) is 62.8 Å². The number of nitrogens with two attached hydrogens (primary N) is 6. The molecule has 0 unspecified atom stereocenters. The number of fused-ring (bicyclic) bond motifs is 10. The molecule has 8 fully saturated rings. The molecule has 0 heterocycles. The quantitative estimate of drug-likeness (QED) is 0.0280. The van der Waals surface area contributed by atoms with Gasteiger partial charge in [0.1, 0.15) is 0 Å². The molecular weight excluding hydrogens is 1270 g/mol. The first-order chi connectivity index (χ1) is 49.4. The third kappa shape index (κ3) is 23.0. The Hall–Kier alpha value is -1.54. The van der Waals surface area contributed by atoms with E-state index in [1.807, 2.05) is 0 Å². The summed E-state index contributed by atoms with van der Waals surface area (Å²) >= 11 is 0. The van der Waals surface area contributed by atoms with Crippen LogP contribution in [0.15, 0.2) is 0 Å². The summed E-state index contributed by atoms with van der Waals surface area (Å²) in [6, 6.07) is 0. The Morgan fingerprint density at radius 3 is 1.21 bits per heavy atom. The Labute approximate surface area is 625 Å². The second-order valence-corrected chi connectivity index (χ2v) is 35.6. The molecule has 8 saturated carbocycles. The first kappa shape index (κ1) is 87.7. The Balaban J connectivity index is 0.000000287. The average molecular weight is 1440 g/mol. The van der Waals surface area contributed by atoms with Crippen LogP contribution >= 0.6 is 0 Å². The van der Waals surface area contributed by atoms with Crippen molar-refractivity contribution < 1.29 is 38.0 Å². The predicted molar refractivity (Wildman–Crippen MR) is 420 cm³/mol. The van der Waals surface area contributed by atoms with Gasteiger partial charge in [0.05, 0.1) is 36.6 Å². The van der Waals surface area contributed by atoms with E-state index in [1.165, 1.54) is 109 Å². The lowest BCUT2D eigenvalue weighted by molar-refractivity contribution is -0.227. The Morgan fingerprint density at radius 1 is 0.422 bits per heavy atom. The molecular formula is C86H164N8O8. The minimum absolute atomic E-state index is 0.0550. The van der Waals surface area contributed by atoms with Gasteiger partial charge >= 0.3 is 0 Å². The zero-order chi connectivity index (χ0) is 73.6. The second-order valence-electron chi connectivity index (χ2n) is 35.6. The van der Waals surface area contributed by atoms with Gasteiger partial charge in [-0.05, 0) is 282 Å². The summed E-state index contributed by atoms with van der Waals surface area (Å²) < 4.78 is 40.7. The highest BCUT2D eigenvalue weighted by molar-refractivity contribution is 5.76. The van der Waals surface area contributed by atoms with Crippen LogP contribution in [0.4, 0.5) is 0 Å². The van der Waals surface area contributed by atoms with Crippen molar-refractivity contribution in [2.75, 3.05) is 98.5 Å². The molecule has 13 N–H and O–H groups in total. The zero-order valence-corrected chi connectivity index (χ0v) is 67.5. The molecule has 0 aromatic carbocycles. The zero-order valence-electron chi connectivity index (χ0n) is 67.5. The van der Waals surface area contributed by atoms with Crippen molar-refractivity contribution >= 4 is 11.8 Å². The van der Waals surface area contributed by atoms with Crippen molar-refractivity contribution in [1.82, 2.24) is 10.2 Å². The molecule has 2 amide bonds. The summed E-state index contributed by atoms with van der Waals surface area (Å²) in [6.07, 6.45) is 43.8. The van der Waals surface area contributed by atoms with Gasteiger partial charge in [-0.25, -0.2) is 0 Å². The molecule has 0 aliphatic heterocycles. The number of nitrogens with zero attached hydrogens (tertiary/aromatic N) is 1. The summed E-state index contributed by atoms with van der Waals surface area (Å²) in [6.45, 7) is 33.3. The summed E-state index contributed by atoms with van der Waals surface area (Å²) in [5, 5.41) is 3.23. The standard InChI is InChI=1S/C45H86N4O4.C41H78N4O4/c1-6-8-10-12-26-49(27-13-11-9-7-2)42(50)20-17-34(3)37-18-19-38-43-39(33-41(45(37,38)5)53-30-16-25-48)44(4)22-21-36(51-28-14-23-46)31-35(44)32-40(43)52-29-15-24-47;1-5-6-7-8-9-10-23-45-38(46)17-14-30(2)33-15-16-34-39-35(29-37(41(33,34)4)49-26-13-22-44)40(3)19-18-32(47-24-11-20-42)27-31(40)28-36(39)48-25-12-21-43/h34-41,43H,6-33,46-48H2,1-5H3;30-37,39H,5-29,42-44H2,1-4H3,(H,45,46)/t34-,35+,36-,37-,38+,39+,40-,41+,43+,44+,45-;30-,31+,32-,33-,34+,35+,36-,37+,39+,40+,41-/m11/s1. The Bertz CT molecular complexity index is 2280. The fourth-order valence-electron chi connectivity index (χ4n) is 23.5. The van der Waals surface area contributed by atoms with Crippen LogP contribution in [0.5, 0.6) is 0 Å². The van der Waals surface area contributed by atoms with Gasteiger partial charge in [-0.1, -0.05) is 133 Å². The summed E-state index contributed by atoms with van der Waals surface area (Å²) in [7, 11) is 0. The van der Waals surface area contributed by atoms with Gasteiger partial charge in [-0.3, -0.25) is 9.59 Å². The van der Waals surface area contributed by atoms with Crippen molar-refractivity contribution in [3.05, 3.63) is 0 Å². The van der Waals surface area contributed by atoms with Gasteiger partial charge in [0, 0.05) is 82.9 Å². The van der Waals surface area contributed by atoms with Crippen molar-refractivity contribution in [2.24, 2.45) is 127 Å². The van der Waals surface area contributed by atoms with Crippen LogP contribution in [0.2, 0.25) is 0 Å². The van der Waals surface area contributed by atoms with E-state index in [-0.39, 0.29) is 52.0 Å². The topological polar surface area (TPSA) is 261 Å². The molecule has 16 nitrogen and oxygen atoms in total. The third-order valence-corrected chi connectivity index (χ3v) is 29.4. The summed E-state index contributed by atoms with van der Waals surface area (Å²) in [4.78, 5) is 29.0.